The largest absolute Gasteiger partial charge is 0.631 e. The molecule has 0 saturated heterocycles. The van der Waals surface area contributed by atoms with Crippen LogP contribution in [0.4, 0.5) is 0 Å². The van der Waals surface area contributed by atoms with Crippen LogP contribution in [0.3, 0.4) is 0 Å². The summed E-state index contributed by atoms with van der Waals surface area (Å²) < 4.78 is 0. The minimum absolute atomic E-state index is 0.939. The lowest BCUT2D eigenvalue weighted by Gasteiger charge is -1.85. The summed E-state index contributed by atoms with van der Waals surface area (Å²) in [5.41, 5.74) is 7.86. The van der Waals surface area contributed by atoms with E-state index in [4.69, 9.17) is 15.1 Å². The van der Waals surface area contributed by atoms with Crippen molar-refractivity contribution in [2.75, 3.05) is 0 Å². The van der Waals surface area contributed by atoms with Gasteiger partial charge in [-0.3, -0.25) is 0 Å². The standard InChI is InChI=1S/C20H14N4.BH3O3/c1-2-14-10-16-5-6-18(23-16)12-20-8-7-19(24-20)11-17-4-3-15(22-17)9-13(1)21-14;2-1(3)4/h1-12,21,24H;2-4H. The lowest BCUT2D eigenvalue weighted by atomic mass is 10.3. The molecule has 5 rings (SSSR count). The van der Waals surface area contributed by atoms with Crippen molar-refractivity contribution in [3.05, 3.63) is 71.3 Å². The molecule has 0 aliphatic carbocycles. The average molecular weight is 372 g/mol. The highest BCUT2D eigenvalue weighted by molar-refractivity contribution is 6.30. The molecule has 138 valence electrons. The molecule has 0 fully saturated rings. The predicted octanol–water partition coefficient (Wildman–Crippen LogP) is 2.60. The summed E-state index contributed by atoms with van der Waals surface area (Å²) in [5.74, 6) is 0. The van der Waals surface area contributed by atoms with E-state index in [9.17, 15) is 0 Å². The third-order valence-electron chi connectivity index (χ3n) is 4.04. The van der Waals surface area contributed by atoms with Gasteiger partial charge in [-0.15, -0.1) is 0 Å². The van der Waals surface area contributed by atoms with Gasteiger partial charge in [0, 0.05) is 22.1 Å². The van der Waals surface area contributed by atoms with Crippen molar-refractivity contribution in [3.63, 3.8) is 0 Å². The van der Waals surface area contributed by atoms with Crippen LogP contribution in [-0.4, -0.2) is 42.3 Å². The number of fused-ring (bicyclic) bond motifs is 8. The van der Waals surface area contributed by atoms with E-state index < -0.39 is 7.32 Å². The molecule has 2 aliphatic rings. The monoisotopic (exact) mass is 372 g/mol. The Morgan fingerprint density at radius 2 is 0.786 bits per heavy atom. The van der Waals surface area contributed by atoms with E-state index in [0.717, 1.165) is 44.8 Å². The SMILES string of the molecule is C1=Cc2cc3ccc(cc4nc(cc5ccc(cc1n2)[nH]5)C=C4)[nH]3.OB(O)O. The van der Waals surface area contributed by atoms with Crippen LogP contribution in [-0.2, 0) is 0 Å². The van der Waals surface area contributed by atoms with Gasteiger partial charge in [0.2, 0.25) is 0 Å². The number of aromatic amines is 2. The first-order chi connectivity index (χ1) is 13.5. The zero-order chi connectivity index (χ0) is 19.5. The highest BCUT2D eigenvalue weighted by Crippen LogP contribution is 2.16. The van der Waals surface area contributed by atoms with Crippen LogP contribution < -0.4 is 0 Å². The summed E-state index contributed by atoms with van der Waals surface area (Å²) in [4.78, 5) is 16.0. The Balaban J connectivity index is 0.000000442. The second-order valence-corrected chi connectivity index (χ2v) is 6.25. The van der Waals surface area contributed by atoms with E-state index in [0.29, 0.717) is 0 Å². The number of hydrogen-bond donors (Lipinski definition) is 5. The summed E-state index contributed by atoms with van der Waals surface area (Å²) in [6.45, 7) is 0. The van der Waals surface area contributed by atoms with E-state index in [1.165, 1.54) is 0 Å². The summed E-state index contributed by atoms with van der Waals surface area (Å²) in [5, 5.41) is 21.5. The van der Waals surface area contributed by atoms with E-state index in [1.54, 1.807) is 0 Å². The Hall–Kier alpha value is -3.46. The Kier molecular flexibility index (Phi) is 4.90. The summed E-state index contributed by atoms with van der Waals surface area (Å²) in [6, 6.07) is 16.4. The van der Waals surface area contributed by atoms with Gasteiger partial charge in [-0.05, 0) is 72.8 Å². The molecule has 0 amide bonds. The molecule has 3 aromatic rings. The van der Waals surface area contributed by atoms with Gasteiger partial charge >= 0.3 is 7.32 Å². The van der Waals surface area contributed by atoms with Crippen molar-refractivity contribution < 1.29 is 15.1 Å². The Labute approximate surface area is 160 Å². The highest BCUT2D eigenvalue weighted by atomic mass is 16.5. The number of H-pyrrole nitrogens is 2. The van der Waals surface area contributed by atoms with Crippen LogP contribution in [0.15, 0.2) is 48.5 Å². The fraction of sp³-hybridized carbons (Fsp3) is 0. The third-order valence-corrected chi connectivity index (χ3v) is 4.04. The molecule has 2 aliphatic heterocycles. The van der Waals surface area contributed by atoms with Crippen LogP contribution in [0.1, 0.15) is 22.8 Å². The van der Waals surface area contributed by atoms with Crippen molar-refractivity contribution >= 4 is 53.7 Å². The van der Waals surface area contributed by atoms with Gasteiger partial charge in [0.15, 0.2) is 0 Å². The van der Waals surface area contributed by atoms with E-state index >= 15 is 0 Å². The van der Waals surface area contributed by atoms with Gasteiger partial charge in [0.25, 0.3) is 0 Å². The number of nitrogens with zero attached hydrogens (tertiary/aromatic N) is 2. The maximum Gasteiger partial charge on any atom is 0.631 e. The fourth-order valence-corrected chi connectivity index (χ4v) is 2.94. The molecule has 0 atom stereocenters. The molecule has 0 aromatic carbocycles. The molecule has 7 nitrogen and oxygen atoms in total. The van der Waals surface area contributed by atoms with Crippen LogP contribution >= 0.6 is 0 Å². The molecule has 28 heavy (non-hydrogen) atoms. The fourth-order valence-electron chi connectivity index (χ4n) is 2.94. The van der Waals surface area contributed by atoms with Gasteiger partial charge in [-0.1, -0.05) is 0 Å². The molecule has 5 N–H and O–H groups in total. The van der Waals surface area contributed by atoms with Crippen molar-refractivity contribution in [2.45, 2.75) is 0 Å². The van der Waals surface area contributed by atoms with Crippen LogP contribution in [0, 0.1) is 0 Å². The molecule has 0 radical (unpaired) electrons. The number of aromatic nitrogens is 4. The molecule has 0 saturated carbocycles. The zero-order valence-corrected chi connectivity index (χ0v) is 14.7. The second kappa shape index (κ2) is 7.65. The van der Waals surface area contributed by atoms with Crippen molar-refractivity contribution in [1.29, 1.82) is 0 Å². The molecule has 0 unspecified atom stereocenters. The van der Waals surface area contributed by atoms with Gasteiger partial charge in [0.05, 0.1) is 22.8 Å². The van der Waals surface area contributed by atoms with E-state index in [-0.39, 0.29) is 0 Å². The van der Waals surface area contributed by atoms with Crippen LogP contribution in [0.25, 0.3) is 46.4 Å². The molecular formula is C20H17BN4O3. The number of rotatable bonds is 0. The van der Waals surface area contributed by atoms with E-state index in [1.807, 2.05) is 48.6 Å². The Bertz CT molecular complexity index is 1050. The second-order valence-electron chi connectivity index (χ2n) is 6.25. The van der Waals surface area contributed by atoms with E-state index in [2.05, 4.69) is 44.2 Å². The van der Waals surface area contributed by atoms with Gasteiger partial charge < -0.3 is 25.0 Å². The first-order valence-corrected chi connectivity index (χ1v) is 8.62. The maximum absolute atomic E-state index is 7.17. The van der Waals surface area contributed by atoms with Crippen molar-refractivity contribution in [1.82, 2.24) is 19.9 Å². The summed E-state index contributed by atoms with van der Waals surface area (Å²) >= 11 is 0. The molecule has 0 spiro atoms. The molecule has 8 heteroatoms. The van der Waals surface area contributed by atoms with Gasteiger partial charge in [-0.2, -0.15) is 0 Å². The molecular weight excluding hydrogens is 355 g/mol. The Morgan fingerprint density at radius 3 is 1.04 bits per heavy atom. The topological polar surface area (TPSA) is 118 Å². The minimum Gasteiger partial charge on any atom is -0.402 e. The van der Waals surface area contributed by atoms with Crippen LogP contribution in [0.2, 0.25) is 0 Å². The lowest BCUT2D eigenvalue weighted by molar-refractivity contribution is 0.278. The molecule has 3 aromatic heterocycles. The summed E-state index contributed by atoms with van der Waals surface area (Å²) in [7, 11) is -2.17. The first-order valence-electron chi connectivity index (χ1n) is 8.62. The first kappa shape index (κ1) is 17.9. The third kappa shape index (κ3) is 4.44. The maximum atomic E-state index is 7.17. The van der Waals surface area contributed by atoms with Crippen molar-refractivity contribution in [2.24, 2.45) is 0 Å². The van der Waals surface area contributed by atoms with Crippen molar-refractivity contribution in [3.8, 4) is 0 Å². The van der Waals surface area contributed by atoms with Crippen LogP contribution in [0.5, 0.6) is 0 Å². The highest BCUT2D eigenvalue weighted by Gasteiger charge is 2.01. The minimum atomic E-state index is -2.17. The molecule has 5 heterocycles. The normalized spacial score (nSPS) is 11.8. The van der Waals surface area contributed by atoms with Gasteiger partial charge in [0.1, 0.15) is 0 Å². The van der Waals surface area contributed by atoms with Gasteiger partial charge in [-0.25, -0.2) is 9.97 Å². The quantitative estimate of drug-likeness (QED) is 0.268. The Morgan fingerprint density at radius 1 is 0.536 bits per heavy atom. The lowest BCUT2D eigenvalue weighted by Crippen LogP contribution is -2.07. The molecule has 8 bridgehead atoms. The predicted molar refractivity (Wildman–Crippen MR) is 111 cm³/mol. The zero-order valence-electron chi connectivity index (χ0n) is 14.7. The number of hydrogen-bond acceptors (Lipinski definition) is 5. The summed E-state index contributed by atoms with van der Waals surface area (Å²) in [6.07, 6.45) is 8.09. The number of nitrogens with one attached hydrogen (secondary N) is 2. The average Bonchev–Trinajstić information content (AvgIpc) is 3.39. The smallest absolute Gasteiger partial charge is 0.402 e.